The predicted octanol–water partition coefficient (Wildman–Crippen LogP) is 2.05. The summed E-state index contributed by atoms with van der Waals surface area (Å²) in [4.78, 5) is 19.9. The largest absolute Gasteiger partial charge is 0.334 e. The standard InChI is InChI=1S/C13H26N2O2/c1-11(2,3)14-9-12(4,5)15(17-8)13(6,7)10(14)16/h9H2,1-8H3. The van der Waals surface area contributed by atoms with Gasteiger partial charge in [-0.1, -0.05) is 0 Å². The number of amides is 1. The lowest BCUT2D eigenvalue weighted by molar-refractivity contribution is -0.269. The number of hydrogen-bond acceptors (Lipinski definition) is 3. The van der Waals surface area contributed by atoms with Crippen LogP contribution in [0.5, 0.6) is 0 Å². The van der Waals surface area contributed by atoms with Gasteiger partial charge in [-0.05, 0) is 48.5 Å². The molecule has 1 aliphatic rings. The Labute approximate surface area is 105 Å². The lowest BCUT2D eigenvalue weighted by Crippen LogP contribution is -2.73. The zero-order valence-corrected chi connectivity index (χ0v) is 12.4. The molecule has 4 nitrogen and oxygen atoms in total. The summed E-state index contributed by atoms with van der Waals surface area (Å²) in [6.45, 7) is 14.9. The number of nitrogens with zero attached hydrogens (tertiary/aromatic N) is 2. The Bertz CT molecular complexity index is 316. The van der Waals surface area contributed by atoms with Crippen molar-refractivity contribution in [2.45, 2.75) is 65.1 Å². The van der Waals surface area contributed by atoms with Crippen molar-refractivity contribution in [1.29, 1.82) is 0 Å². The molecule has 1 aliphatic heterocycles. The van der Waals surface area contributed by atoms with E-state index >= 15 is 0 Å². The molecule has 0 bridgehead atoms. The quantitative estimate of drug-likeness (QED) is 0.705. The third kappa shape index (κ3) is 2.33. The SMILES string of the molecule is CON1C(C)(C)CN(C(C)(C)C)C(=O)C1(C)C. The molecule has 0 aromatic heterocycles. The van der Waals surface area contributed by atoms with Crippen LogP contribution >= 0.6 is 0 Å². The van der Waals surface area contributed by atoms with E-state index in [0.717, 1.165) is 0 Å². The third-order valence-electron chi connectivity index (χ3n) is 3.36. The number of piperazine rings is 1. The Morgan fingerprint density at radius 2 is 1.65 bits per heavy atom. The first-order valence-corrected chi connectivity index (χ1v) is 6.11. The average Bonchev–Trinajstić information content (AvgIpc) is 2.09. The number of carbonyl (C=O) groups is 1. The van der Waals surface area contributed by atoms with Crippen LogP contribution in [0.1, 0.15) is 48.5 Å². The highest BCUT2D eigenvalue weighted by molar-refractivity contribution is 5.87. The molecule has 1 saturated heterocycles. The molecule has 0 spiro atoms. The molecule has 1 fully saturated rings. The van der Waals surface area contributed by atoms with Gasteiger partial charge in [-0.3, -0.25) is 4.79 Å². The van der Waals surface area contributed by atoms with Crippen LogP contribution in [0.3, 0.4) is 0 Å². The van der Waals surface area contributed by atoms with Gasteiger partial charge >= 0.3 is 0 Å². The van der Waals surface area contributed by atoms with Gasteiger partial charge in [0.15, 0.2) is 0 Å². The zero-order valence-electron chi connectivity index (χ0n) is 12.4. The minimum atomic E-state index is -0.635. The topological polar surface area (TPSA) is 32.8 Å². The third-order valence-corrected chi connectivity index (χ3v) is 3.36. The molecule has 0 aliphatic carbocycles. The molecule has 17 heavy (non-hydrogen) atoms. The van der Waals surface area contributed by atoms with Gasteiger partial charge in [0.25, 0.3) is 0 Å². The van der Waals surface area contributed by atoms with Crippen LogP contribution in [-0.2, 0) is 9.63 Å². The van der Waals surface area contributed by atoms with Gasteiger partial charge < -0.3 is 9.74 Å². The van der Waals surface area contributed by atoms with Crippen molar-refractivity contribution in [3.8, 4) is 0 Å². The first-order valence-electron chi connectivity index (χ1n) is 6.11. The highest BCUT2D eigenvalue weighted by Gasteiger charge is 2.53. The molecule has 1 amide bonds. The van der Waals surface area contributed by atoms with Gasteiger partial charge in [0.05, 0.1) is 12.6 Å². The van der Waals surface area contributed by atoms with Crippen LogP contribution in [0, 0.1) is 0 Å². The molecule has 0 aromatic carbocycles. The Balaban J connectivity index is 3.19. The van der Waals surface area contributed by atoms with Crippen LogP contribution in [0.25, 0.3) is 0 Å². The lowest BCUT2D eigenvalue weighted by Gasteiger charge is -2.56. The second-order valence-corrected chi connectivity index (χ2v) is 6.91. The van der Waals surface area contributed by atoms with E-state index in [2.05, 4.69) is 34.6 Å². The van der Waals surface area contributed by atoms with E-state index < -0.39 is 5.54 Å². The maximum atomic E-state index is 12.6. The van der Waals surface area contributed by atoms with Crippen molar-refractivity contribution >= 4 is 5.91 Å². The summed E-state index contributed by atoms with van der Waals surface area (Å²) >= 11 is 0. The first-order chi connectivity index (χ1) is 7.44. The van der Waals surface area contributed by atoms with Gasteiger partial charge in [-0.25, -0.2) is 0 Å². The normalized spacial score (nSPS) is 25.2. The van der Waals surface area contributed by atoms with Crippen molar-refractivity contribution in [2.24, 2.45) is 0 Å². The second kappa shape index (κ2) is 3.95. The Kier molecular flexibility index (Phi) is 3.36. The molecule has 0 atom stereocenters. The minimum absolute atomic E-state index is 0.117. The molecule has 100 valence electrons. The van der Waals surface area contributed by atoms with Crippen molar-refractivity contribution in [3.05, 3.63) is 0 Å². The van der Waals surface area contributed by atoms with Crippen LogP contribution in [0.2, 0.25) is 0 Å². The highest BCUT2D eigenvalue weighted by atomic mass is 16.7. The van der Waals surface area contributed by atoms with E-state index in [4.69, 9.17) is 4.84 Å². The summed E-state index contributed by atoms with van der Waals surface area (Å²) in [5.41, 5.74) is -0.991. The number of rotatable bonds is 1. The van der Waals surface area contributed by atoms with Gasteiger partial charge in [-0.2, -0.15) is 5.06 Å². The van der Waals surface area contributed by atoms with Crippen molar-refractivity contribution in [1.82, 2.24) is 9.96 Å². The maximum absolute atomic E-state index is 12.6. The number of hydrogen-bond donors (Lipinski definition) is 0. The van der Waals surface area contributed by atoms with Crippen LogP contribution < -0.4 is 0 Å². The van der Waals surface area contributed by atoms with Crippen molar-refractivity contribution < 1.29 is 9.63 Å². The summed E-state index contributed by atoms with van der Waals surface area (Å²) in [5, 5.41) is 1.81. The number of carbonyl (C=O) groups excluding carboxylic acids is 1. The van der Waals surface area contributed by atoms with Crippen LogP contribution in [0.4, 0.5) is 0 Å². The van der Waals surface area contributed by atoms with E-state index in [1.165, 1.54) is 0 Å². The molecule has 0 unspecified atom stereocenters. The Morgan fingerprint density at radius 3 is 2.00 bits per heavy atom. The molecular formula is C13H26N2O2. The fraction of sp³-hybridized carbons (Fsp3) is 0.923. The van der Waals surface area contributed by atoms with Gasteiger partial charge in [0.1, 0.15) is 5.54 Å². The van der Waals surface area contributed by atoms with Crippen LogP contribution in [-0.4, -0.2) is 46.1 Å². The predicted molar refractivity (Wildman–Crippen MR) is 68.5 cm³/mol. The fourth-order valence-corrected chi connectivity index (χ4v) is 2.71. The van der Waals surface area contributed by atoms with Gasteiger partial charge in [0, 0.05) is 12.1 Å². The van der Waals surface area contributed by atoms with Gasteiger partial charge in [0.2, 0.25) is 5.91 Å². The first kappa shape index (κ1) is 14.5. The molecule has 1 heterocycles. The summed E-state index contributed by atoms with van der Waals surface area (Å²) in [5.74, 6) is 0.117. The summed E-state index contributed by atoms with van der Waals surface area (Å²) < 4.78 is 0. The molecule has 0 N–H and O–H groups in total. The number of hydroxylamine groups is 2. The second-order valence-electron chi connectivity index (χ2n) is 6.91. The summed E-state index contributed by atoms with van der Waals surface area (Å²) in [6, 6.07) is 0. The summed E-state index contributed by atoms with van der Waals surface area (Å²) in [7, 11) is 1.63. The smallest absolute Gasteiger partial charge is 0.245 e. The fourth-order valence-electron chi connectivity index (χ4n) is 2.71. The maximum Gasteiger partial charge on any atom is 0.245 e. The monoisotopic (exact) mass is 242 g/mol. The van der Waals surface area contributed by atoms with E-state index in [9.17, 15) is 4.79 Å². The lowest BCUT2D eigenvalue weighted by atomic mass is 9.86. The molecule has 0 saturated carbocycles. The Morgan fingerprint density at radius 1 is 1.18 bits per heavy atom. The molecule has 4 heteroatoms. The van der Waals surface area contributed by atoms with Crippen molar-refractivity contribution in [2.75, 3.05) is 13.7 Å². The minimum Gasteiger partial charge on any atom is -0.334 e. The Hall–Kier alpha value is -0.610. The molecule has 0 aromatic rings. The van der Waals surface area contributed by atoms with E-state index in [1.54, 1.807) is 7.11 Å². The van der Waals surface area contributed by atoms with E-state index in [0.29, 0.717) is 6.54 Å². The summed E-state index contributed by atoms with van der Waals surface area (Å²) in [6.07, 6.45) is 0. The zero-order chi connectivity index (χ0) is 13.6. The molecule has 1 rings (SSSR count). The highest BCUT2D eigenvalue weighted by Crippen LogP contribution is 2.36. The average molecular weight is 242 g/mol. The molecule has 0 radical (unpaired) electrons. The van der Waals surface area contributed by atoms with E-state index in [-0.39, 0.29) is 17.0 Å². The van der Waals surface area contributed by atoms with Crippen molar-refractivity contribution in [3.63, 3.8) is 0 Å². The molecular weight excluding hydrogens is 216 g/mol. The van der Waals surface area contributed by atoms with E-state index in [1.807, 2.05) is 23.8 Å². The van der Waals surface area contributed by atoms with Crippen LogP contribution in [0.15, 0.2) is 0 Å². The van der Waals surface area contributed by atoms with Gasteiger partial charge in [-0.15, -0.1) is 0 Å².